The Labute approximate surface area is 174 Å². The Bertz CT molecular complexity index is 927. The first-order valence-electron chi connectivity index (χ1n) is 9.34. The number of carbonyl (C=O) groups excluding carboxylic acids is 1. The number of benzene rings is 2. The maximum absolute atomic E-state index is 12.4. The van der Waals surface area contributed by atoms with Crippen LogP contribution < -0.4 is 10.6 Å². The molecule has 0 saturated heterocycles. The van der Waals surface area contributed by atoms with Crippen molar-refractivity contribution in [3.8, 4) is 0 Å². The summed E-state index contributed by atoms with van der Waals surface area (Å²) in [6.07, 6.45) is 1.04. The lowest BCUT2D eigenvalue weighted by Gasteiger charge is -2.35. The van der Waals surface area contributed by atoms with Crippen molar-refractivity contribution in [3.63, 3.8) is 0 Å². The number of anilines is 1. The topological polar surface area (TPSA) is 44.4 Å². The van der Waals surface area contributed by atoms with E-state index in [0.717, 1.165) is 25.2 Å². The lowest BCUT2D eigenvalue weighted by atomic mass is 9.98. The van der Waals surface area contributed by atoms with E-state index < -0.39 is 0 Å². The predicted octanol–water partition coefficient (Wildman–Crippen LogP) is 5.32. The van der Waals surface area contributed by atoms with E-state index in [0.29, 0.717) is 11.6 Å². The van der Waals surface area contributed by atoms with Gasteiger partial charge in [-0.15, -0.1) is 11.3 Å². The van der Waals surface area contributed by atoms with Crippen LogP contribution in [0.25, 0.3) is 0 Å². The minimum Gasteiger partial charge on any atom is -0.336 e. The molecule has 144 valence electrons. The summed E-state index contributed by atoms with van der Waals surface area (Å²) < 4.78 is 0. The van der Waals surface area contributed by atoms with E-state index in [1.807, 2.05) is 0 Å². The summed E-state index contributed by atoms with van der Waals surface area (Å²) in [5.41, 5.74) is 3.53. The zero-order valence-corrected chi connectivity index (χ0v) is 17.0. The van der Waals surface area contributed by atoms with Crippen LogP contribution in [0.3, 0.4) is 0 Å². The van der Waals surface area contributed by atoms with Crippen molar-refractivity contribution in [2.24, 2.45) is 0 Å². The molecule has 4 nitrogen and oxygen atoms in total. The van der Waals surface area contributed by atoms with Crippen LogP contribution in [0.1, 0.15) is 22.0 Å². The summed E-state index contributed by atoms with van der Waals surface area (Å²) in [7, 11) is 0. The number of nitrogens with one attached hydrogen (secondary N) is 2. The van der Waals surface area contributed by atoms with Crippen molar-refractivity contribution in [1.29, 1.82) is 0 Å². The van der Waals surface area contributed by atoms with Gasteiger partial charge in [0.05, 0.1) is 6.04 Å². The molecule has 2 aromatic carbocycles. The summed E-state index contributed by atoms with van der Waals surface area (Å²) in [5, 5.41) is 8.64. The van der Waals surface area contributed by atoms with E-state index in [9.17, 15) is 4.79 Å². The van der Waals surface area contributed by atoms with Gasteiger partial charge in [0.2, 0.25) is 0 Å². The molecule has 1 atom stereocenters. The minimum absolute atomic E-state index is 0.157. The Hall–Kier alpha value is -2.34. The van der Waals surface area contributed by atoms with Crippen LogP contribution in [-0.4, -0.2) is 24.0 Å². The van der Waals surface area contributed by atoms with Crippen molar-refractivity contribution in [3.05, 3.63) is 87.1 Å². The Morgan fingerprint density at radius 3 is 2.61 bits per heavy atom. The fraction of sp³-hybridized carbons (Fsp3) is 0.227. The number of nitrogens with zero attached hydrogens (tertiary/aromatic N) is 1. The Kier molecular flexibility index (Phi) is 5.95. The Morgan fingerprint density at radius 1 is 1.07 bits per heavy atom. The van der Waals surface area contributed by atoms with Gasteiger partial charge in [-0.25, -0.2) is 4.79 Å². The van der Waals surface area contributed by atoms with Crippen LogP contribution in [0.5, 0.6) is 0 Å². The van der Waals surface area contributed by atoms with Gasteiger partial charge in [0.15, 0.2) is 0 Å². The van der Waals surface area contributed by atoms with Crippen molar-refractivity contribution >= 4 is 34.7 Å². The highest BCUT2D eigenvalue weighted by molar-refractivity contribution is 7.10. The van der Waals surface area contributed by atoms with Crippen molar-refractivity contribution < 1.29 is 4.79 Å². The quantitative estimate of drug-likeness (QED) is 0.596. The first kappa shape index (κ1) is 19.0. The van der Waals surface area contributed by atoms with Gasteiger partial charge >= 0.3 is 6.03 Å². The number of hydrogen-bond donors (Lipinski definition) is 2. The van der Waals surface area contributed by atoms with Gasteiger partial charge in [-0.1, -0.05) is 41.9 Å². The van der Waals surface area contributed by atoms with Crippen molar-refractivity contribution in [1.82, 2.24) is 10.2 Å². The molecule has 2 amide bonds. The van der Waals surface area contributed by atoms with Crippen molar-refractivity contribution in [2.75, 3.05) is 18.4 Å². The standard InChI is InChI=1S/C22H22ClN3OS/c23-18-7-9-19(10-8-18)25-22(27)24-14-20(21-6-3-13-28-21)26-12-11-16-4-1-2-5-17(16)15-26/h1-10,13,20H,11-12,14-15H2,(H2,24,25,27)/t20-/m0/s1. The summed E-state index contributed by atoms with van der Waals surface area (Å²) in [5.74, 6) is 0. The average Bonchev–Trinajstić information content (AvgIpc) is 3.24. The van der Waals surface area contributed by atoms with Gasteiger partial charge in [0.25, 0.3) is 0 Å². The highest BCUT2D eigenvalue weighted by Crippen LogP contribution is 2.30. The molecule has 2 N–H and O–H groups in total. The second kappa shape index (κ2) is 8.78. The third-order valence-electron chi connectivity index (χ3n) is 5.03. The second-order valence-electron chi connectivity index (χ2n) is 6.86. The van der Waals surface area contributed by atoms with E-state index in [1.165, 1.54) is 16.0 Å². The van der Waals surface area contributed by atoms with Crippen LogP contribution in [0.2, 0.25) is 5.02 Å². The zero-order valence-electron chi connectivity index (χ0n) is 15.4. The molecule has 0 radical (unpaired) electrons. The molecule has 0 spiro atoms. The van der Waals surface area contributed by atoms with Crippen LogP contribution in [-0.2, 0) is 13.0 Å². The lowest BCUT2D eigenvalue weighted by Crippen LogP contribution is -2.41. The molecular formula is C22H22ClN3OS. The minimum atomic E-state index is -0.207. The molecule has 6 heteroatoms. The molecular weight excluding hydrogens is 390 g/mol. The predicted molar refractivity (Wildman–Crippen MR) is 116 cm³/mol. The van der Waals surface area contributed by atoms with Crippen LogP contribution in [0.15, 0.2) is 66.0 Å². The van der Waals surface area contributed by atoms with E-state index in [1.54, 1.807) is 35.6 Å². The van der Waals surface area contributed by atoms with Crippen molar-refractivity contribution in [2.45, 2.75) is 19.0 Å². The number of thiophene rings is 1. The van der Waals surface area contributed by atoms with Gasteiger partial charge in [-0.3, -0.25) is 4.90 Å². The van der Waals surface area contributed by atoms with Gasteiger partial charge in [0.1, 0.15) is 0 Å². The molecule has 0 bridgehead atoms. The fourth-order valence-corrected chi connectivity index (χ4v) is 4.56. The normalized spacial score (nSPS) is 14.9. The molecule has 4 rings (SSSR count). The van der Waals surface area contributed by atoms with Gasteiger partial charge in [-0.05, 0) is 53.3 Å². The molecule has 0 fully saturated rings. The molecule has 1 aliphatic rings. The molecule has 28 heavy (non-hydrogen) atoms. The first-order valence-corrected chi connectivity index (χ1v) is 10.6. The first-order chi connectivity index (χ1) is 13.7. The zero-order chi connectivity index (χ0) is 19.3. The number of carbonyl (C=O) groups is 1. The fourth-order valence-electron chi connectivity index (χ4n) is 3.57. The molecule has 0 aliphatic carbocycles. The van der Waals surface area contributed by atoms with E-state index in [2.05, 4.69) is 57.3 Å². The molecule has 2 heterocycles. The highest BCUT2D eigenvalue weighted by atomic mass is 35.5. The second-order valence-corrected chi connectivity index (χ2v) is 8.28. The SMILES string of the molecule is O=C(NC[C@@H](c1cccs1)N1CCc2ccccc2C1)Nc1ccc(Cl)cc1. The summed E-state index contributed by atoms with van der Waals surface area (Å²) in [4.78, 5) is 16.1. The van der Waals surface area contributed by atoms with E-state index >= 15 is 0 Å². The van der Waals surface area contributed by atoms with Crippen LogP contribution in [0, 0.1) is 0 Å². The third-order valence-corrected chi connectivity index (χ3v) is 6.26. The molecule has 1 aliphatic heterocycles. The molecule has 0 unspecified atom stereocenters. The maximum Gasteiger partial charge on any atom is 0.319 e. The molecule has 3 aromatic rings. The molecule has 0 saturated carbocycles. The Morgan fingerprint density at radius 2 is 1.86 bits per heavy atom. The van der Waals surface area contributed by atoms with Gasteiger partial charge in [-0.2, -0.15) is 0 Å². The maximum atomic E-state index is 12.4. The van der Waals surface area contributed by atoms with Gasteiger partial charge < -0.3 is 10.6 Å². The summed E-state index contributed by atoms with van der Waals surface area (Å²) in [6.45, 7) is 2.45. The summed E-state index contributed by atoms with van der Waals surface area (Å²) in [6, 6.07) is 19.9. The van der Waals surface area contributed by atoms with E-state index in [4.69, 9.17) is 11.6 Å². The van der Waals surface area contributed by atoms with Crippen LogP contribution >= 0.6 is 22.9 Å². The van der Waals surface area contributed by atoms with Gasteiger partial charge in [0, 0.05) is 35.2 Å². The van der Waals surface area contributed by atoms with Crippen LogP contribution in [0.4, 0.5) is 10.5 Å². The summed E-state index contributed by atoms with van der Waals surface area (Å²) >= 11 is 7.63. The monoisotopic (exact) mass is 411 g/mol. The lowest BCUT2D eigenvalue weighted by molar-refractivity contribution is 0.178. The number of hydrogen-bond acceptors (Lipinski definition) is 3. The Balaban J connectivity index is 1.43. The number of amides is 2. The number of fused-ring (bicyclic) bond motifs is 1. The number of halogens is 1. The average molecular weight is 412 g/mol. The smallest absolute Gasteiger partial charge is 0.319 e. The third kappa shape index (κ3) is 4.55. The number of rotatable bonds is 5. The number of urea groups is 1. The van der Waals surface area contributed by atoms with E-state index in [-0.39, 0.29) is 12.1 Å². The highest BCUT2D eigenvalue weighted by Gasteiger charge is 2.25. The molecule has 1 aromatic heterocycles. The largest absolute Gasteiger partial charge is 0.336 e.